The largest absolute Gasteiger partial charge is 0.493 e. The molecule has 0 unspecified atom stereocenters. The number of unbranched alkanes of at least 4 members (excludes halogenated alkanes) is 15. The van der Waals surface area contributed by atoms with Gasteiger partial charge in [0.25, 0.3) is 0 Å². The Morgan fingerprint density at radius 3 is 1.80 bits per heavy atom. The molecule has 0 saturated carbocycles. The first-order valence-corrected chi connectivity index (χ1v) is 12.6. The van der Waals surface area contributed by atoms with E-state index in [-0.39, 0.29) is 13.2 Å². The molecule has 1 saturated heterocycles. The predicted molar refractivity (Wildman–Crippen MR) is 122 cm³/mol. The Balaban J connectivity index is 1.87. The van der Waals surface area contributed by atoms with Gasteiger partial charge in [0, 0.05) is 0 Å². The van der Waals surface area contributed by atoms with Crippen LogP contribution < -0.4 is 0 Å². The van der Waals surface area contributed by atoms with Crippen molar-refractivity contribution >= 4 is 0 Å². The summed E-state index contributed by atoms with van der Waals surface area (Å²) in [6.45, 7) is 2.06. The topological polar surface area (TPSA) is 79.2 Å². The van der Waals surface area contributed by atoms with Gasteiger partial charge in [-0.05, 0) is 18.9 Å². The highest BCUT2D eigenvalue weighted by molar-refractivity contribution is 4.89. The van der Waals surface area contributed by atoms with Gasteiger partial charge in [-0.2, -0.15) is 0 Å². The summed E-state index contributed by atoms with van der Waals surface area (Å²) in [5.41, 5.74) is 0. The van der Waals surface area contributed by atoms with E-state index in [0.717, 1.165) is 12.8 Å². The van der Waals surface area contributed by atoms with Crippen molar-refractivity contribution in [2.75, 3.05) is 13.2 Å². The third-order valence-corrected chi connectivity index (χ3v) is 6.06. The summed E-state index contributed by atoms with van der Waals surface area (Å²) >= 11 is 0. The van der Waals surface area contributed by atoms with E-state index < -0.39 is 24.4 Å². The average molecular weight is 429 g/mol. The lowest BCUT2D eigenvalue weighted by Crippen LogP contribution is -2.54. The van der Waals surface area contributed by atoms with Crippen LogP contribution in [0.4, 0.5) is 0 Å². The molecule has 0 aromatic rings. The molecule has 0 amide bonds. The van der Waals surface area contributed by atoms with E-state index in [9.17, 15) is 15.3 Å². The first-order valence-electron chi connectivity index (χ1n) is 12.6. The molecule has 0 radical (unpaired) electrons. The smallest absolute Gasteiger partial charge is 0.154 e. The molecule has 30 heavy (non-hydrogen) atoms. The lowest BCUT2D eigenvalue weighted by Gasteiger charge is -2.36. The van der Waals surface area contributed by atoms with Crippen LogP contribution in [0, 0.1) is 0 Å². The third kappa shape index (κ3) is 12.9. The van der Waals surface area contributed by atoms with Gasteiger partial charge >= 0.3 is 0 Å². The Hall–Kier alpha value is -0.620. The van der Waals surface area contributed by atoms with Gasteiger partial charge in [0.15, 0.2) is 6.10 Å². The zero-order valence-electron chi connectivity index (χ0n) is 19.4. The molecule has 178 valence electrons. The Kier molecular flexibility index (Phi) is 17.4. The van der Waals surface area contributed by atoms with Crippen LogP contribution in [0.5, 0.6) is 0 Å². The maximum absolute atomic E-state index is 9.98. The Bertz CT molecular complexity index is 399. The number of hydrogen-bond donors (Lipinski definition) is 3. The summed E-state index contributed by atoms with van der Waals surface area (Å²) in [6, 6.07) is 0. The summed E-state index contributed by atoms with van der Waals surface area (Å²) in [7, 11) is 0. The lowest BCUT2D eigenvalue weighted by atomic mass is 10.0. The van der Waals surface area contributed by atoms with Gasteiger partial charge in [-0.15, -0.1) is 0 Å². The van der Waals surface area contributed by atoms with Gasteiger partial charge in [0.2, 0.25) is 0 Å². The van der Waals surface area contributed by atoms with Crippen molar-refractivity contribution in [2.45, 2.75) is 134 Å². The standard InChI is InChI=1S/C25H48O5/c1-2-3-4-5-6-7-8-9-10-11-12-13-14-15-16-17-18-19-29-25-23(20-26)30-21-22(27)24(25)28/h18-19,22-28H,2-17,20-21H2,1H3/b19-18+/t22-,23+,24+,25+/m1/s1. The molecular weight excluding hydrogens is 380 g/mol. The van der Waals surface area contributed by atoms with Crippen LogP contribution in [-0.2, 0) is 9.47 Å². The fourth-order valence-electron chi connectivity index (χ4n) is 4.03. The van der Waals surface area contributed by atoms with Gasteiger partial charge in [0.05, 0.1) is 19.5 Å². The molecule has 3 N–H and O–H groups in total. The average Bonchev–Trinajstić information content (AvgIpc) is 2.75. The summed E-state index contributed by atoms with van der Waals surface area (Å²) in [4.78, 5) is 0. The maximum atomic E-state index is 9.98. The SMILES string of the molecule is CCCCCCCCCCCCCCCCC/C=C/O[C@@H]1[C@@H](O)[C@H](O)CO[C@H]1CO. The number of ether oxygens (including phenoxy) is 2. The summed E-state index contributed by atoms with van der Waals surface area (Å²) in [5, 5.41) is 28.9. The van der Waals surface area contributed by atoms with Crippen LogP contribution in [0.1, 0.15) is 110 Å². The minimum Gasteiger partial charge on any atom is -0.493 e. The van der Waals surface area contributed by atoms with Gasteiger partial charge in [-0.3, -0.25) is 0 Å². The van der Waals surface area contributed by atoms with Crippen LogP contribution >= 0.6 is 0 Å². The van der Waals surface area contributed by atoms with Gasteiger partial charge in [0.1, 0.15) is 18.3 Å². The highest BCUT2D eigenvalue weighted by Crippen LogP contribution is 2.19. The molecule has 5 nitrogen and oxygen atoms in total. The molecule has 1 aliphatic rings. The number of aliphatic hydroxyl groups excluding tert-OH is 3. The second kappa shape index (κ2) is 19.1. The van der Waals surface area contributed by atoms with Crippen molar-refractivity contribution in [1.29, 1.82) is 0 Å². The molecule has 1 aliphatic heterocycles. The van der Waals surface area contributed by atoms with E-state index >= 15 is 0 Å². The van der Waals surface area contributed by atoms with Crippen LogP contribution in [-0.4, -0.2) is 52.9 Å². The summed E-state index contributed by atoms with van der Waals surface area (Å²) < 4.78 is 10.8. The summed E-state index contributed by atoms with van der Waals surface area (Å²) in [5.74, 6) is 0. The minimum atomic E-state index is -1.04. The molecule has 0 bridgehead atoms. The fourth-order valence-corrected chi connectivity index (χ4v) is 4.03. The van der Waals surface area contributed by atoms with Crippen molar-refractivity contribution in [2.24, 2.45) is 0 Å². The van der Waals surface area contributed by atoms with Crippen molar-refractivity contribution < 1.29 is 24.8 Å². The van der Waals surface area contributed by atoms with Gasteiger partial charge in [-0.1, -0.05) is 96.8 Å². The Morgan fingerprint density at radius 1 is 0.800 bits per heavy atom. The van der Waals surface area contributed by atoms with Crippen molar-refractivity contribution in [3.63, 3.8) is 0 Å². The summed E-state index contributed by atoms with van der Waals surface area (Å²) in [6.07, 6.45) is 21.5. The zero-order valence-corrected chi connectivity index (χ0v) is 19.4. The van der Waals surface area contributed by atoms with Crippen molar-refractivity contribution in [1.82, 2.24) is 0 Å². The zero-order chi connectivity index (χ0) is 21.9. The molecule has 1 fully saturated rings. The van der Waals surface area contributed by atoms with E-state index in [1.54, 1.807) is 6.26 Å². The van der Waals surface area contributed by atoms with Gasteiger partial charge in [-0.25, -0.2) is 0 Å². The van der Waals surface area contributed by atoms with Gasteiger partial charge < -0.3 is 24.8 Å². The molecule has 0 spiro atoms. The molecule has 0 aromatic heterocycles. The second-order valence-corrected chi connectivity index (χ2v) is 8.82. The number of hydrogen-bond acceptors (Lipinski definition) is 5. The molecule has 4 atom stereocenters. The first kappa shape index (κ1) is 27.4. The Labute approximate surface area is 184 Å². The van der Waals surface area contributed by atoms with Crippen molar-refractivity contribution in [3.8, 4) is 0 Å². The van der Waals surface area contributed by atoms with E-state index in [1.807, 2.05) is 6.08 Å². The Morgan fingerprint density at radius 2 is 1.30 bits per heavy atom. The molecule has 5 heteroatoms. The maximum Gasteiger partial charge on any atom is 0.154 e. The van der Waals surface area contributed by atoms with E-state index in [4.69, 9.17) is 9.47 Å². The number of allylic oxidation sites excluding steroid dienone is 1. The predicted octanol–water partition coefficient (Wildman–Crippen LogP) is 5.26. The van der Waals surface area contributed by atoms with E-state index in [1.165, 1.54) is 89.9 Å². The first-order chi connectivity index (χ1) is 14.7. The fraction of sp³-hybridized carbons (Fsp3) is 0.920. The third-order valence-electron chi connectivity index (χ3n) is 6.06. The van der Waals surface area contributed by atoms with E-state index in [2.05, 4.69) is 6.92 Å². The van der Waals surface area contributed by atoms with Crippen LogP contribution in [0.15, 0.2) is 12.3 Å². The second-order valence-electron chi connectivity index (χ2n) is 8.82. The molecule has 1 heterocycles. The van der Waals surface area contributed by atoms with Crippen molar-refractivity contribution in [3.05, 3.63) is 12.3 Å². The highest BCUT2D eigenvalue weighted by atomic mass is 16.6. The van der Waals surface area contributed by atoms with Crippen LogP contribution in [0.2, 0.25) is 0 Å². The van der Waals surface area contributed by atoms with E-state index in [0.29, 0.717) is 0 Å². The molecule has 0 aromatic carbocycles. The van der Waals surface area contributed by atoms with Crippen LogP contribution in [0.3, 0.4) is 0 Å². The lowest BCUT2D eigenvalue weighted by molar-refractivity contribution is -0.197. The molecular formula is C25H48O5. The minimum absolute atomic E-state index is 0.0229. The molecule has 1 rings (SSSR count). The monoisotopic (exact) mass is 428 g/mol. The van der Waals surface area contributed by atoms with Crippen LogP contribution in [0.25, 0.3) is 0 Å². The number of rotatable bonds is 19. The number of aliphatic hydroxyl groups is 3. The highest BCUT2D eigenvalue weighted by Gasteiger charge is 2.39. The normalized spacial score (nSPS) is 24.5. The molecule has 0 aliphatic carbocycles. The quantitative estimate of drug-likeness (QED) is 0.193.